The first-order valence-electron chi connectivity index (χ1n) is 3.18. The highest BCUT2D eigenvalue weighted by atomic mass is 19.1. The predicted octanol–water partition coefficient (Wildman–Crippen LogP) is -1.71. The van der Waals surface area contributed by atoms with Gasteiger partial charge in [0.1, 0.15) is 0 Å². The summed E-state index contributed by atoms with van der Waals surface area (Å²) in [7, 11) is 0. The third-order valence-corrected chi connectivity index (χ3v) is 1.02. The quantitative estimate of drug-likeness (QED) is 0.297. The van der Waals surface area contributed by atoms with Crippen molar-refractivity contribution in [2.75, 3.05) is 6.54 Å². The van der Waals surface area contributed by atoms with Gasteiger partial charge in [-0.3, -0.25) is 0 Å². The lowest BCUT2D eigenvalue weighted by molar-refractivity contribution is -0.0342. The van der Waals surface area contributed by atoms with E-state index in [4.69, 9.17) is 10.2 Å². The lowest BCUT2D eigenvalue weighted by Crippen LogP contribution is -2.34. The van der Waals surface area contributed by atoms with E-state index in [2.05, 4.69) is 20.6 Å². The van der Waals surface area contributed by atoms with E-state index >= 15 is 0 Å². The number of rotatable bonds is 2. The van der Waals surface area contributed by atoms with Crippen LogP contribution in [0.2, 0.25) is 0 Å². The van der Waals surface area contributed by atoms with Crippen molar-refractivity contribution < 1.29 is 14.6 Å². The monoisotopic (exact) mass is 175 g/mol. The minimum atomic E-state index is -1.51. The molecule has 0 aliphatic carbocycles. The van der Waals surface area contributed by atoms with Gasteiger partial charge in [-0.2, -0.15) is 9.38 Å². The van der Waals surface area contributed by atoms with Gasteiger partial charge in [-0.25, -0.2) is 4.99 Å². The van der Waals surface area contributed by atoms with Crippen molar-refractivity contribution in [3.05, 3.63) is 6.67 Å². The van der Waals surface area contributed by atoms with E-state index in [1.807, 2.05) is 0 Å². The van der Waals surface area contributed by atoms with Crippen molar-refractivity contribution in [3.8, 4) is 0 Å². The molecule has 1 aliphatic heterocycles. The van der Waals surface area contributed by atoms with Crippen molar-refractivity contribution in [1.82, 2.24) is 10.6 Å². The number of hydrogen-bond acceptors (Lipinski definition) is 6. The first-order valence-corrected chi connectivity index (χ1v) is 3.18. The Hall–Kier alpha value is -1.21. The summed E-state index contributed by atoms with van der Waals surface area (Å²) in [6.07, 6.45) is -2.30. The summed E-state index contributed by atoms with van der Waals surface area (Å²) in [5.41, 5.74) is 0. The number of hydrogen-bond donors (Lipinski definition) is 4. The molecule has 7 heteroatoms. The molecule has 0 unspecified atom stereocenters. The molecule has 1 heterocycles. The molecule has 1 rings (SSSR count). The molecule has 12 heavy (non-hydrogen) atoms. The third kappa shape index (κ3) is 2.81. The normalized spacial score (nSPS) is 16.7. The first kappa shape index (κ1) is 8.88. The molecule has 0 spiro atoms. The van der Waals surface area contributed by atoms with E-state index in [9.17, 15) is 4.39 Å². The van der Waals surface area contributed by atoms with Crippen LogP contribution in [0.3, 0.4) is 0 Å². The predicted molar refractivity (Wildman–Crippen MR) is 39.6 cm³/mol. The Balaban J connectivity index is 2.37. The number of nitrogens with one attached hydrogen (secondary N) is 2. The molecule has 6 nitrogen and oxygen atoms in total. The Morgan fingerprint density at radius 1 is 1.67 bits per heavy atom. The zero-order valence-electron chi connectivity index (χ0n) is 6.03. The van der Waals surface area contributed by atoms with E-state index in [-0.39, 0.29) is 12.5 Å². The molecular formula is C5H8FN4O2. The molecule has 0 atom stereocenters. The fraction of sp³-hybridized carbons (Fsp3) is 0.400. The van der Waals surface area contributed by atoms with E-state index in [0.29, 0.717) is 0 Å². The van der Waals surface area contributed by atoms with Crippen molar-refractivity contribution in [1.29, 1.82) is 0 Å². The average Bonchev–Trinajstić information content (AvgIpc) is 2.01. The molecule has 0 saturated carbocycles. The van der Waals surface area contributed by atoms with E-state index in [1.54, 1.807) is 0 Å². The second kappa shape index (κ2) is 3.98. The minimum absolute atomic E-state index is 0.000602. The Morgan fingerprint density at radius 3 is 3.00 bits per heavy atom. The SMILES string of the molecule is OC(O)CNC1=N[CH]NC(F)=N1. The van der Waals surface area contributed by atoms with E-state index in [1.165, 1.54) is 0 Å². The summed E-state index contributed by atoms with van der Waals surface area (Å²) < 4.78 is 12.3. The third-order valence-electron chi connectivity index (χ3n) is 1.02. The minimum Gasteiger partial charge on any atom is -0.367 e. The number of aliphatic imine (C=N–C) groups is 2. The number of nitrogens with zero attached hydrogens (tertiary/aromatic N) is 2. The molecule has 0 bridgehead atoms. The largest absolute Gasteiger partial charge is 0.367 e. The first-order chi connectivity index (χ1) is 5.68. The second-order valence-corrected chi connectivity index (χ2v) is 1.99. The maximum absolute atomic E-state index is 12.3. The molecule has 1 aliphatic rings. The van der Waals surface area contributed by atoms with Gasteiger partial charge in [0.15, 0.2) is 13.0 Å². The molecule has 0 amide bonds. The molecule has 0 fully saturated rings. The lowest BCUT2D eigenvalue weighted by Gasteiger charge is -2.10. The molecule has 0 aromatic carbocycles. The van der Waals surface area contributed by atoms with E-state index < -0.39 is 12.4 Å². The fourth-order valence-corrected chi connectivity index (χ4v) is 0.569. The summed E-state index contributed by atoms with van der Waals surface area (Å²) in [4.78, 5) is 6.85. The summed E-state index contributed by atoms with van der Waals surface area (Å²) in [5, 5.41) is 21.3. The highest BCUT2D eigenvalue weighted by molar-refractivity contribution is 5.94. The fourth-order valence-electron chi connectivity index (χ4n) is 0.569. The average molecular weight is 175 g/mol. The number of aliphatic hydroxyl groups is 2. The van der Waals surface area contributed by atoms with Gasteiger partial charge in [-0.1, -0.05) is 0 Å². The standard InChI is InChI=1S/C5H8FN4O2/c6-4-8-2-9-5(10-4)7-1-3(11)12/h2-3,11-12H,1H2,(H2,7,8,9,10). The zero-order valence-corrected chi connectivity index (χ0v) is 6.03. The van der Waals surface area contributed by atoms with Gasteiger partial charge < -0.3 is 20.8 Å². The summed E-state index contributed by atoms with van der Waals surface area (Å²) in [6, 6.07) is 0. The molecule has 0 aromatic rings. The van der Waals surface area contributed by atoms with Crippen molar-refractivity contribution in [3.63, 3.8) is 0 Å². The van der Waals surface area contributed by atoms with Gasteiger partial charge in [0, 0.05) is 0 Å². The van der Waals surface area contributed by atoms with Crippen LogP contribution in [0, 0.1) is 6.67 Å². The van der Waals surface area contributed by atoms with Gasteiger partial charge in [0.25, 0.3) is 6.09 Å². The molecule has 1 radical (unpaired) electrons. The van der Waals surface area contributed by atoms with Crippen LogP contribution in [-0.2, 0) is 0 Å². The Labute approximate surface area is 67.8 Å². The maximum Gasteiger partial charge on any atom is 0.287 e. The van der Waals surface area contributed by atoms with Crippen LogP contribution in [0.4, 0.5) is 4.39 Å². The van der Waals surface area contributed by atoms with Gasteiger partial charge in [0.05, 0.1) is 6.54 Å². The van der Waals surface area contributed by atoms with Crippen LogP contribution in [0.25, 0.3) is 0 Å². The molecular weight excluding hydrogens is 167 g/mol. The van der Waals surface area contributed by atoms with Crippen LogP contribution < -0.4 is 10.6 Å². The topological polar surface area (TPSA) is 89.2 Å². The van der Waals surface area contributed by atoms with Gasteiger partial charge in [-0.15, -0.1) is 0 Å². The number of aliphatic hydroxyl groups excluding tert-OH is 1. The number of halogens is 1. The summed E-state index contributed by atoms with van der Waals surface area (Å²) in [5.74, 6) is -0.000602. The molecule has 0 aromatic heterocycles. The van der Waals surface area contributed by atoms with Gasteiger partial charge >= 0.3 is 0 Å². The highest BCUT2D eigenvalue weighted by Crippen LogP contribution is 1.90. The highest BCUT2D eigenvalue weighted by Gasteiger charge is 2.07. The second-order valence-electron chi connectivity index (χ2n) is 1.99. The summed E-state index contributed by atoms with van der Waals surface area (Å²) in [6.45, 7) is 0.956. The van der Waals surface area contributed by atoms with Crippen LogP contribution in [0.5, 0.6) is 0 Å². The summed E-state index contributed by atoms with van der Waals surface area (Å²) >= 11 is 0. The Bertz CT molecular complexity index is 215. The Morgan fingerprint density at radius 2 is 2.42 bits per heavy atom. The van der Waals surface area contributed by atoms with Crippen LogP contribution in [0.1, 0.15) is 0 Å². The molecule has 0 saturated heterocycles. The Kier molecular flexibility index (Phi) is 2.94. The molecule has 4 N–H and O–H groups in total. The van der Waals surface area contributed by atoms with Crippen molar-refractivity contribution in [2.24, 2.45) is 9.98 Å². The number of guanidine groups is 1. The van der Waals surface area contributed by atoms with Crippen LogP contribution in [-0.4, -0.2) is 35.1 Å². The van der Waals surface area contributed by atoms with Gasteiger partial charge in [-0.05, 0) is 0 Å². The maximum atomic E-state index is 12.3. The number of amidine groups is 1. The van der Waals surface area contributed by atoms with Crippen molar-refractivity contribution in [2.45, 2.75) is 6.29 Å². The van der Waals surface area contributed by atoms with E-state index in [0.717, 1.165) is 6.67 Å². The zero-order chi connectivity index (χ0) is 8.97. The van der Waals surface area contributed by atoms with Crippen molar-refractivity contribution >= 4 is 12.0 Å². The smallest absolute Gasteiger partial charge is 0.287 e. The molecule has 67 valence electrons. The van der Waals surface area contributed by atoms with Crippen LogP contribution >= 0.6 is 0 Å². The van der Waals surface area contributed by atoms with Crippen LogP contribution in [0.15, 0.2) is 9.98 Å². The van der Waals surface area contributed by atoms with Gasteiger partial charge in [0.2, 0.25) is 5.96 Å². The lowest BCUT2D eigenvalue weighted by atomic mass is 10.6.